The second kappa shape index (κ2) is 6.08. The summed E-state index contributed by atoms with van der Waals surface area (Å²) in [6, 6.07) is 5.71. The SMILES string of the molecule is COc1ccc(CCN)cc1Cl.Cl. The molecule has 0 radical (unpaired) electrons. The minimum absolute atomic E-state index is 0. The molecule has 2 N–H and O–H groups in total. The van der Waals surface area contributed by atoms with Crippen LogP contribution in [0.15, 0.2) is 18.2 Å². The van der Waals surface area contributed by atoms with Crippen molar-refractivity contribution < 1.29 is 4.74 Å². The molecule has 74 valence electrons. The van der Waals surface area contributed by atoms with E-state index >= 15 is 0 Å². The molecule has 0 fully saturated rings. The molecule has 1 aromatic rings. The van der Waals surface area contributed by atoms with E-state index in [4.69, 9.17) is 22.1 Å². The van der Waals surface area contributed by atoms with Crippen LogP contribution in [0.25, 0.3) is 0 Å². The summed E-state index contributed by atoms with van der Waals surface area (Å²) in [7, 11) is 1.60. The highest BCUT2D eigenvalue weighted by molar-refractivity contribution is 6.32. The Balaban J connectivity index is 0.00000144. The number of benzene rings is 1. The monoisotopic (exact) mass is 221 g/mol. The van der Waals surface area contributed by atoms with Crippen molar-refractivity contribution in [3.05, 3.63) is 28.8 Å². The van der Waals surface area contributed by atoms with Crippen LogP contribution in [-0.4, -0.2) is 13.7 Å². The number of nitrogens with two attached hydrogens (primary N) is 1. The molecule has 0 aliphatic rings. The number of hydrogen-bond donors (Lipinski definition) is 1. The lowest BCUT2D eigenvalue weighted by Gasteiger charge is -2.04. The Kier molecular flexibility index (Phi) is 5.88. The summed E-state index contributed by atoms with van der Waals surface area (Å²) in [4.78, 5) is 0. The fourth-order valence-electron chi connectivity index (χ4n) is 1.03. The van der Waals surface area contributed by atoms with Gasteiger partial charge in [-0.1, -0.05) is 17.7 Å². The lowest BCUT2D eigenvalue weighted by Crippen LogP contribution is -2.02. The Labute approximate surface area is 89.4 Å². The lowest BCUT2D eigenvalue weighted by molar-refractivity contribution is 0.415. The highest BCUT2D eigenvalue weighted by atomic mass is 35.5. The molecule has 1 rings (SSSR count). The molecule has 0 amide bonds. The largest absolute Gasteiger partial charge is 0.495 e. The number of ether oxygens (including phenoxy) is 1. The van der Waals surface area contributed by atoms with Crippen molar-refractivity contribution in [2.24, 2.45) is 5.73 Å². The molecule has 0 aliphatic carbocycles. The summed E-state index contributed by atoms with van der Waals surface area (Å²) in [5, 5.41) is 0.642. The van der Waals surface area contributed by atoms with Crippen molar-refractivity contribution in [1.82, 2.24) is 0 Å². The quantitative estimate of drug-likeness (QED) is 0.851. The molecule has 0 spiro atoms. The van der Waals surface area contributed by atoms with Crippen LogP contribution < -0.4 is 10.5 Å². The molecule has 0 saturated heterocycles. The van der Waals surface area contributed by atoms with Crippen LogP contribution in [0.2, 0.25) is 5.02 Å². The predicted molar refractivity (Wildman–Crippen MR) is 58.0 cm³/mol. The van der Waals surface area contributed by atoms with E-state index in [-0.39, 0.29) is 12.4 Å². The van der Waals surface area contributed by atoms with Gasteiger partial charge < -0.3 is 10.5 Å². The van der Waals surface area contributed by atoms with Crippen molar-refractivity contribution in [2.45, 2.75) is 6.42 Å². The van der Waals surface area contributed by atoms with Crippen LogP contribution in [-0.2, 0) is 6.42 Å². The van der Waals surface area contributed by atoms with Gasteiger partial charge >= 0.3 is 0 Å². The van der Waals surface area contributed by atoms with Gasteiger partial charge in [0.2, 0.25) is 0 Å². The second-order valence-corrected chi connectivity index (χ2v) is 2.91. The third-order valence-corrected chi connectivity index (χ3v) is 1.94. The minimum atomic E-state index is 0. The topological polar surface area (TPSA) is 35.2 Å². The fraction of sp³-hybridized carbons (Fsp3) is 0.333. The Hall–Kier alpha value is -0.440. The Bertz CT molecular complexity index is 266. The summed E-state index contributed by atoms with van der Waals surface area (Å²) in [5.74, 6) is 0.706. The van der Waals surface area contributed by atoms with Crippen molar-refractivity contribution in [2.75, 3.05) is 13.7 Å². The van der Waals surface area contributed by atoms with E-state index in [0.717, 1.165) is 12.0 Å². The molecule has 2 nitrogen and oxygen atoms in total. The molecule has 0 atom stereocenters. The molecule has 0 aliphatic heterocycles. The van der Waals surface area contributed by atoms with Gasteiger partial charge in [-0.15, -0.1) is 12.4 Å². The van der Waals surface area contributed by atoms with Gasteiger partial charge in [0.05, 0.1) is 12.1 Å². The second-order valence-electron chi connectivity index (χ2n) is 2.51. The van der Waals surface area contributed by atoms with Gasteiger partial charge in [0.25, 0.3) is 0 Å². The van der Waals surface area contributed by atoms with Crippen molar-refractivity contribution in [3.63, 3.8) is 0 Å². The number of methoxy groups -OCH3 is 1. The van der Waals surface area contributed by atoms with E-state index in [1.54, 1.807) is 7.11 Å². The van der Waals surface area contributed by atoms with Gasteiger partial charge in [-0.25, -0.2) is 0 Å². The van der Waals surface area contributed by atoms with Gasteiger partial charge in [0.15, 0.2) is 0 Å². The highest BCUT2D eigenvalue weighted by Crippen LogP contribution is 2.24. The van der Waals surface area contributed by atoms with Gasteiger partial charge in [-0.2, -0.15) is 0 Å². The van der Waals surface area contributed by atoms with Gasteiger partial charge in [0.1, 0.15) is 5.75 Å². The molecule has 0 aromatic heterocycles. The zero-order valence-corrected chi connectivity index (χ0v) is 8.99. The van der Waals surface area contributed by atoms with Crippen LogP contribution in [0, 0.1) is 0 Å². The molecule has 1 aromatic carbocycles. The van der Waals surface area contributed by atoms with Crippen molar-refractivity contribution >= 4 is 24.0 Å². The average Bonchev–Trinajstić information content (AvgIpc) is 2.05. The maximum Gasteiger partial charge on any atom is 0.137 e. The van der Waals surface area contributed by atoms with E-state index in [0.29, 0.717) is 17.3 Å². The normalized spacial score (nSPS) is 9.15. The molecule has 0 saturated carbocycles. The van der Waals surface area contributed by atoms with Crippen LogP contribution in [0.3, 0.4) is 0 Å². The standard InChI is InChI=1S/C9H12ClNO.ClH/c1-12-9-3-2-7(4-5-11)6-8(9)10;/h2-3,6H,4-5,11H2,1H3;1H. The summed E-state index contributed by atoms with van der Waals surface area (Å²) in [6.07, 6.45) is 0.851. The average molecular weight is 222 g/mol. The Morgan fingerprint density at radius 3 is 2.62 bits per heavy atom. The van der Waals surface area contributed by atoms with E-state index in [9.17, 15) is 0 Å². The van der Waals surface area contributed by atoms with Crippen LogP contribution in [0.4, 0.5) is 0 Å². The third kappa shape index (κ3) is 3.43. The van der Waals surface area contributed by atoms with E-state index in [2.05, 4.69) is 0 Å². The minimum Gasteiger partial charge on any atom is -0.495 e. The summed E-state index contributed by atoms with van der Waals surface area (Å²) >= 11 is 5.90. The highest BCUT2D eigenvalue weighted by Gasteiger charge is 2.00. The van der Waals surface area contributed by atoms with E-state index < -0.39 is 0 Å². The van der Waals surface area contributed by atoms with Crippen LogP contribution in [0.1, 0.15) is 5.56 Å². The molecule has 4 heteroatoms. The van der Waals surface area contributed by atoms with E-state index in [1.807, 2.05) is 18.2 Å². The summed E-state index contributed by atoms with van der Waals surface area (Å²) in [6.45, 7) is 0.642. The first-order valence-corrected chi connectivity index (χ1v) is 4.18. The number of halogens is 2. The molecule has 0 heterocycles. The van der Waals surface area contributed by atoms with Crippen LogP contribution >= 0.6 is 24.0 Å². The van der Waals surface area contributed by atoms with Crippen molar-refractivity contribution in [1.29, 1.82) is 0 Å². The first kappa shape index (κ1) is 12.6. The molecule has 0 unspecified atom stereocenters. The maximum atomic E-state index is 5.90. The molecule has 13 heavy (non-hydrogen) atoms. The van der Waals surface area contributed by atoms with Gasteiger partial charge in [-0.3, -0.25) is 0 Å². The molecular formula is C9H13Cl2NO. The van der Waals surface area contributed by atoms with Crippen LogP contribution in [0.5, 0.6) is 5.75 Å². The van der Waals surface area contributed by atoms with Crippen molar-refractivity contribution in [3.8, 4) is 5.75 Å². The fourth-order valence-corrected chi connectivity index (χ4v) is 1.31. The molecular weight excluding hydrogens is 209 g/mol. The lowest BCUT2D eigenvalue weighted by atomic mass is 10.1. The number of rotatable bonds is 3. The van der Waals surface area contributed by atoms with Gasteiger partial charge in [-0.05, 0) is 30.7 Å². The predicted octanol–water partition coefficient (Wildman–Crippen LogP) is 2.27. The first-order valence-electron chi connectivity index (χ1n) is 3.80. The summed E-state index contributed by atoms with van der Waals surface area (Å²) in [5.41, 5.74) is 6.55. The zero-order chi connectivity index (χ0) is 8.97. The smallest absolute Gasteiger partial charge is 0.137 e. The maximum absolute atomic E-state index is 5.90. The zero-order valence-electron chi connectivity index (χ0n) is 7.42. The Morgan fingerprint density at radius 2 is 2.15 bits per heavy atom. The number of hydrogen-bond acceptors (Lipinski definition) is 2. The molecule has 0 bridgehead atoms. The Morgan fingerprint density at radius 1 is 1.46 bits per heavy atom. The van der Waals surface area contributed by atoms with E-state index in [1.165, 1.54) is 0 Å². The summed E-state index contributed by atoms with van der Waals surface area (Å²) < 4.78 is 5.01. The van der Waals surface area contributed by atoms with Gasteiger partial charge in [0, 0.05) is 0 Å². The first-order chi connectivity index (χ1) is 5.77. The third-order valence-electron chi connectivity index (χ3n) is 1.65.